The molecular formula is C15H15F7O3S. The average Bonchev–Trinajstić information content (AvgIpc) is 2.41. The summed E-state index contributed by atoms with van der Waals surface area (Å²) in [6, 6.07) is 0.512. The molecule has 0 aromatic heterocycles. The van der Waals surface area contributed by atoms with Gasteiger partial charge in [-0.3, -0.25) is 4.21 Å². The van der Waals surface area contributed by atoms with Crippen molar-refractivity contribution in [3.8, 4) is 0 Å². The molecular weight excluding hydrogens is 393 g/mol. The van der Waals surface area contributed by atoms with E-state index in [0.29, 0.717) is 6.07 Å². The summed E-state index contributed by atoms with van der Waals surface area (Å²) in [7, 11) is -2.57. The normalized spacial score (nSPS) is 15.0. The number of carboxylic acid groups (broad SMARTS) is 1. The molecule has 1 atom stereocenters. The lowest BCUT2D eigenvalue weighted by Gasteiger charge is -2.33. The van der Waals surface area contributed by atoms with Gasteiger partial charge in [-0.2, -0.15) is 26.3 Å². The van der Waals surface area contributed by atoms with E-state index in [2.05, 4.69) is 0 Å². The SMILES string of the molecule is Cc1c(C(=O)O)ccc(C(F)(C(F)(F)F)C(F)(F)F)c1[S@@](=O)C(C)(C)C. The molecule has 0 bridgehead atoms. The number of halogens is 7. The number of alkyl halides is 7. The Bertz CT molecular complexity index is 731. The summed E-state index contributed by atoms with van der Waals surface area (Å²) in [5, 5.41) is 9.05. The van der Waals surface area contributed by atoms with Crippen LogP contribution in [0.1, 0.15) is 42.3 Å². The molecule has 1 aromatic carbocycles. The molecule has 0 unspecified atom stereocenters. The Morgan fingerprint density at radius 3 is 1.69 bits per heavy atom. The predicted molar refractivity (Wildman–Crippen MR) is 79.2 cm³/mol. The molecule has 0 heterocycles. The first-order chi connectivity index (χ1) is 11.4. The second-order valence-corrected chi connectivity index (χ2v) is 8.63. The molecule has 1 rings (SSSR count). The fourth-order valence-electron chi connectivity index (χ4n) is 2.21. The van der Waals surface area contributed by atoms with Crippen molar-refractivity contribution in [1.82, 2.24) is 0 Å². The third-order valence-corrected chi connectivity index (χ3v) is 5.54. The van der Waals surface area contributed by atoms with Crippen molar-refractivity contribution >= 4 is 16.8 Å². The van der Waals surface area contributed by atoms with Gasteiger partial charge in [0.1, 0.15) is 0 Å². The fraction of sp³-hybridized carbons (Fsp3) is 0.533. The topological polar surface area (TPSA) is 54.4 Å². The van der Waals surface area contributed by atoms with Gasteiger partial charge in [0.15, 0.2) is 0 Å². The van der Waals surface area contributed by atoms with Crippen LogP contribution in [0.5, 0.6) is 0 Å². The third kappa shape index (κ3) is 3.58. The van der Waals surface area contributed by atoms with Crippen LogP contribution in [0.2, 0.25) is 0 Å². The molecule has 0 amide bonds. The minimum Gasteiger partial charge on any atom is -0.478 e. The number of carboxylic acids is 1. The van der Waals surface area contributed by atoms with Crippen LogP contribution in [0.4, 0.5) is 30.7 Å². The second-order valence-electron chi connectivity index (χ2n) is 6.46. The van der Waals surface area contributed by atoms with Crippen molar-refractivity contribution in [2.24, 2.45) is 0 Å². The summed E-state index contributed by atoms with van der Waals surface area (Å²) in [5.41, 5.74) is -9.03. The Kier molecular flexibility index (Phi) is 5.60. The van der Waals surface area contributed by atoms with Gasteiger partial charge in [0.2, 0.25) is 0 Å². The molecule has 1 aromatic rings. The van der Waals surface area contributed by atoms with Gasteiger partial charge < -0.3 is 5.11 Å². The predicted octanol–water partition coefficient (Wildman–Crippen LogP) is 4.89. The van der Waals surface area contributed by atoms with Crippen molar-refractivity contribution in [2.45, 2.75) is 55.4 Å². The number of hydrogen-bond acceptors (Lipinski definition) is 2. The molecule has 148 valence electrons. The van der Waals surface area contributed by atoms with Crippen molar-refractivity contribution in [1.29, 1.82) is 0 Å². The summed E-state index contributed by atoms with van der Waals surface area (Å²) in [4.78, 5) is 10.0. The van der Waals surface area contributed by atoms with Crippen molar-refractivity contribution in [2.75, 3.05) is 0 Å². The Hall–Kier alpha value is -1.65. The van der Waals surface area contributed by atoms with Gasteiger partial charge in [-0.15, -0.1) is 0 Å². The van der Waals surface area contributed by atoms with Gasteiger partial charge >= 0.3 is 24.0 Å². The van der Waals surface area contributed by atoms with Gasteiger partial charge in [-0.25, -0.2) is 9.18 Å². The van der Waals surface area contributed by atoms with Crippen molar-refractivity contribution in [3.05, 3.63) is 28.8 Å². The maximum atomic E-state index is 14.5. The fourth-order valence-corrected chi connectivity index (χ4v) is 3.61. The first kappa shape index (κ1) is 22.4. The summed E-state index contributed by atoms with van der Waals surface area (Å²) in [6.07, 6.45) is -12.8. The summed E-state index contributed by atoms with van der Waals surface area (Å²) in [5.74, 6) is -1.66. The van der Waals surface area contributed by atoms with Crippen LogP contribution in [-0.4, -0.2) is 32.4 Å². The van der Waals surface area contributed by atoms with E-state index < -0.39 is 61.1 Å². The smallest absolute Gasteiger partial charge is 0.435 e. The van der Waals surface area contributed by atoms with E-state index in [4.69, 9.17) is 5.11 Å². The molecule has 3 nitrogen and oxygen atoms in total. The minimum absolute atomic E-state index is 0.0798. The third-order valence-electron chi connectivity index (χ3n) is 3.53. The molecule has 0 aliphatic carbocycles. The molecule has 0 saturated carbocycles. The van der Waals surface area contributed by atoms with E-state index in [1.54, 1.807) is 0 Å². The Labute approximate surface area is 146 Å². The van der Waals surface area contributed by atoms with E-state index in [9.17, 15) is 39.7 Å². The molecule has 0 aliphatic heterocycles. The maximum absolute atomic E-state index is 14.5. The summed E-state index contributed by atoms with van der Waals surface area (Å²) >= 11 is 0. The molecule has 26 heavy (non-hydrogen) atoms. The van der Waals surface area contributed by atoms with E-state index in [-0.39, 0.29) is 6.07 Å². The van der Waals surface area contributed by atoms with Crippen LogP contribution in [0.3, 0.4) is 0 Å². The van der Waals surface area contributed by atoms with Crippen LogP contribution in [-0.2, 0) is 16.5 Å². The number of aromatic carboxylic acids is 1. The van der Waals surface area contributed by atoms with Gasteiger partial charge in [0.05, 0.1) is 21.3 Å². The highest BCUT2D eigenvalue weighted by molar-refractivity contribution is 7.86. The Morgan fingerprint density at radius 2 is 1.38 bits per heavy atom. The molecule has 1 N–H and O–H groups in total. The zero-order chi connectivity index (χ0) is 20.9. The van der Waals surface area contributed by atoms with Gasteiger partial charge in [-0.1, -0.05) is 6.07 Å². The average molecular weight is 408 g/mol. The minimum atomic E-state index is -6.40. The van der Waals surface area contributed by atoms with Gasteiger partial charge in [0.25, 0.3) is 0 Å². The van der Waals surface area contributed by atoms with Crippen LogP contribution in [0, 0.1) is 6.92 Å². The summed E-state index contributed by atoms with van der Waals surface area (Å²) < 4.78 is 104. The monoisotopic (exact) mass is 408 g/mol. The number of rotatable bonds is 3. The number of hydrogen-bond donors (Lipinski definition) is 1. The Balaban J connectivity index is 4.07. The quantitative estimate of drug-likeness (QED) is 0.725. The second kappa shape index (κ2) is 6.50. The van der Waals surface area contributed by atoms with Crippen LogP contribution in [0.15, 0.2) is 17.0 Å². The highest BCUT2D eigenvalue weighted by atomic mass is 32.2. The molecule has 0 radical (unpaired) electrons. The van der Waals surface area contributed by atoms with E-state index in [1.165, 1.54) is 20.8 Å². The largest absolute Gasteiger partial charge is 0.478 e. The molecule has 0 fully saturated rings. The van der Waals surface area contributed by atoms with Crippen molar-refractivity contribution in [3.63, 3.8) is 0 Å². The number of benzene rings is 1. The van der Waals surface area contributed by atoms with Crippen LogP contribution in [0.25, 0.3) is 0 Å². The zero-order valence-corrected chi connectivity index (χ0v) is 14.8. The highest BCUT2D eigenvalue weighted by Gasteiger charge is 2.74. The first-order valence-electron chi connectivity index (χ1n) is 6.99. The molecule has 11 heteroatoms. The van der Waals surface area contributed by atoms with Gasteiger partial charge in [0, 0.05) is 10.3 Å². The highest BCUT2D eigenvalue weighted by Crippen LogP contribution is 2.55. The van der Waals surface area contributed by atoms with Crippen LogP contribution < -0.4 is 0 Å². The summed E-state index contributed by atoms with van der Waals surface area (Å²) in [6.45, 7) is 4.64. The van der Waals surface area contributed by atoms with Crippen molar-refractivity contribution < 1.29 is 44.8 Å². The van der Waals surface area contributed by atoms with E-state index >= 15 is 0 Å². The zero-order valence-electron chi connectivity index (χ0n) is 14.0. The lowest BCUT2D eigenvalue weighted by Crippen LogP contribution is -2.51. The van der Waals surface area contributed by atoms with E-state index in [0.717, 1.165) is 6.92 Å². The number of carbonyl (C=O) groups is 1. The Morgan fingerprint density at radius 1 is 0.962 bits per heavy atom. The molecule has 0 saturated heterocycles. The maximum Gasteiger partial charge on any atom is 0.435 e. The van der Waals surface area contributed by atoms with E-state index in [1.807, 2.05) is 0 Å². The van der Waals surface area contributed by atoms with Gasteiger partial charge in [-0.05, 0) is 39.3 Å². The first-order valence-corrected chi connectivity index (χ1v) is 8.14. The molecule has 0 spiro atoms. The lowest BCUT2D eigenvalue weighted by molar-refractivity contribution is -0.349. The molecule has 0 aliphatic rings. The van der Waals surface area contributed by atoms with Crippen LogP contribution >= 0.6 is 0 Å². The lowest BCUT2D eigenvalue weighted by atomic mass is 9.91. The standard InChI is InChI=1S/C15H15F7O3S/c1-7-8(11(23)24)5-6-9(10(7)26(25)12(2,3)4)13(16,14(17,18)19)15(20,21)22/h5-6H,1-4H3,(H,23,24)/t26-/m1/s1.